The number of nitrogens with zero attached hydrogens (tertiary/aromatic N) is 1. The number of amides is 1. The molecule has 1 aliphatic rings. The van der Waals surface area contributed by atoms with Crippen LogP contribution < -0.4 is 15.0 Å². The standard InChI is InChI=1S/C25H32N2O3/c1-17(2)27-15-21(16-28)30-23-12-11-20(14-22(23)27)26-24(29)13-8-18-6-9-19(10-7-18)25(3,4)5/h6-14,17,21,28H,15-16H2,1-5H3,(H,26,29). The zero-order chi connectivity index (χ0) is 21.9. The Balaban J connectivity index is 1.70. The summed E-state index contributed by atoms with van der Waals surface area (Å²) in [4.78, 5) is 14.6. The molecule has 1 aliphatic heterocycles. The molecule has 3 rings (SSSR count). The number of aliphatic hydroxyl groups is 1. The van der Waals surface area contributed by atoms with Crippen molar-refractivity contribution in [2.75, 3.05) is 23.4 Å². The lowest BCUT2D eigenvalue weighted by Gasteiger charge is -2.38. The normalized spacial score (nSPS) is 16.5. The number of ether oxygens (including phenoxy) is 1. The maximum Gasteiger partial charge on any atom is 0.248 e. The molecule has 5 heteroatoms. The zero-order valence-corrected chi connectivity index (χ0v) is 18.5. The van der Waals surface area contributed by atoms with Crippen molar-refractivity contribution in [3.8, 4) is 5.75 Å². The van der Waals surface area contributed by atoms with Crippen molar-refractivity contribution in [2.45, 2.75) is 52.2 Å². The van der Waals surface area contributed by atoms with Crippen molar-refractivity contribution in [1.82, 2.24) is 0 Å². The van der Waals surface area contributed by atoms with Crippen LogP contribution in [0.4, 0.5) is 11.4 Å². The quantitative estimate of drug-likeness (QED) is 0.710. The molecular weight excluding hydrogens is 376 g/mol. The van der Waals surface area contributed by atoms with Gasteiger partial charge in [0.25, 0.3) is 0 Å². The van der Waals surface area contributed by atoms with Crippen LogP contribution in [0.5, 0.6) is 5.75 Å². The zero-order valence-electron chi connectivity index (χ0n) is 18.5. The average Bonchev–Trinajstić information content (AvgIpc) is 2.71. The van der Waals surface area contributed by atoms with Gasteiger partial charge in [-0.2, -0.15) is 0 Å². The maximum absolute atomic E-state index is 12.4. The Labute approximate surface area is 179 Å². The largest absolute Gasteiger partial charge is 0.484 e. The summed E-state index contributed by atoms with van der Waals surface area (Å²) in [7, 11) is 0. The van der Waals surface area contributed by atoms with Crippen LogP contribution in [0.1, 0.15) is 45.7 Å². The molecule has 1 amide bonds. The van der Waals surface area contributed by atoms with Gasteiger partial charge in [0.2, 0.25) is 5.91 Å². The van der Waals surface area contributed by atoms with Crippen LogP contribution in [0, 0.1) is 0 Å². The fraction of sp³-hybridized carbons (Fsp3) is 0.400. The molecule has 0 bridgehead atoms. The number of fused-ring (bicyclic) bond motifs is 1. The van der Waals surface area contributed by atoms with Crippen LogP contribution in [0.3, 0.4) is 0 Å². The minimum atomic E-state index is -0.243. The molecule has 0 aromatic heterocycles. The second kappa shape index (κ2) is 8.92. The van der Waals surface area contributed by atoms with Gasteiger partial charge in [0, 0.05) is 17.8 Å². The van der Waals surface area contributed by atoms with Crippen molar-refractivity contribution in [2.24, 2.45) is 0 Å². The molecule has 1 heterocycles. The molecular formula is C25H32N2O3. The third kappa shape index (κ3) is 5.22. The van der Waals surface area contributed by atoms with Gasteiger partial charge in [-0.1, -0.05) is 45.0 Å². The van der Waals surface area contributed by atoms with Crippen molar-refractivity contribution in [3.05, 3.63) is 59.7 Å². The molecule has 2 aromatic rings. The molecule has 5 nitrogen and oxygen atoms in total. The van der Waals surface area contributed by atoms with Crippen LogP contribution in [-0.4, -0.2) is 36.3 Å². The Morgan fingerprint density at radius 1 is 1.23 bits per heavy atom. The van der Waals surface area contributed by atoms with E-state index in [9.17, 15) is 9.90 Å². The number of carbonyl (C=O) groups is 1. The van der Waals surface area contributed by atoms with Crippen LogP contribution in [0.15, 0.2) is 48.5 Å². The first kappa shape index (κ1) is 21.9. The van der Waals surface area contributed by atoms with Crippen molar-refractivity contribution in [3.63, 3.8) is 0 Å². The summed E-state index contributed by atoms with van der Waals surface area (Å²) in [6, 6.07) is 14.1. The summed E-state index contributed by atoms with van der Waals surface area (Å²) >= 11 is 0. The molecule has 2 N–H and O–H groups in total. The Morgan fingerprint density at radius 3 is 2.53 bits per heavy atom. The number of anilines is 2. The van der Waals surface area contributed by atoms with Crippen LogP contribution in [-0.2, 0) is 10.2 Å². The van der Waals surface area contributed by atoms with Crippen LogP contribution >= 0.6 is 0 Å². The van der Waals surface area contributed by atoms with E-state index in [1.165, 1.54) is 5.56 Å². The van der Waals surface area contributed by atoms with Crippen molar-refractivity contribution >= 4 is 23.4 Å². The fourth-order valence-electron chi connectivity index (χ4n) is 3.49. The van der Waals surface area contributed by atoms with E-state index in [1.54, 1.807) is 6.08 Å². The molecule has 0 aliphatic carbocycles. The number of benzene rings is 2. The van der Waals surface area contributed by atoms with E-state index in [1.807, 2.05) is 36.4 Å². The molecule has 30 heavy (non-hydrogen) atoms. The third-order valence-electron chi connectivity index (χ3n) is 5.26. The van der Waals surface area contributed by atoms with Crippen LogP contribution in [0.25, 0.3) is 6.08 Å². The lowest BCUT2D eigenvalue weighted by atomic mass is 9.87. The summed E-state index contributed by atoms with van der Waals surface area (Å²) < 4.78 is 5.84. The number of rotatable bonds is 5. The van der Waals surface area contributed by atoms with E-state index in [4.69, 9.17) is 4.74 Å². The Bertz CT molecular complexity index is 911. The first-order valence-electron chi connectivity index (χ1n) is 10.4. The van der Waals surface area contributed by atoms with Gasteiger partial charge in [-0.05, 0) is 54.7 Å². The molecule has 0 radical (unpaired) electrons. The second-order valence-electron chi connectivity index (χ2n) is 9.05. The SMILES string of the molecule is CC(C)N1CC(CO)Oc2ccc(NC(=O)C=Cc3ccc(C(C)(C)C)cc3)cc21. The first-order chi connectivity index (χ1) is 14.2. The van der Waals surface area contributed by atoms with E-state index in [2.05, 4.69) is 57.0 Å². The average molecular weight is 409 g/mol. The van der Waals surface area contributed by atoms with Crippen LogP contribution in [0.2, 0.25) is 0 Å². The Hall–Kier alpha value is -2.79. The maximum atomic E-state index is 12.4. The van der Waals surface area contributed by atoms with Crippen molar-refractivity contribution in [1.29, 1.82) is 0 Å². The van der Waals surface area contributed by atoms with Gasteiger partial charge < -0.3 is 20.1 Å². The third-order valence-corrected chi connectivity index (χ3v) is 5.26. The van der Waals surface area contributed by atoms with E-state index in [-0.39, 0.29) is 30.1 Å². The highest BCUT2D eigenvalue weighted by Gasteiger charge is 2.27. The summed E-state index contributed by atoms with van der Waals surface area (Å²) in [6.07, 6.45) is 3.12. The summed E-state index contributed by atoms with van der Waals surface area (Å²) in [5.41, 5.74) is 3.99. The highest BCUT2D eigenvalue weighted by atomic mass is 16.5. The van der Waals surface area contributed by atoms with Gasteiger partial charge >= 0.3 is 0 Å². The highest BCUT2D eigenvalue weighted by Crippen LogP contribution is 2.36. The lowest BCUT2D eigenvalue weighted by molar-refractivity contribution is -0.111. The molecule has 0 saturated carbocycles. The van der Waals surface area contributed by atoms with Crippen molar-refractivity contribution < 1.29 is 14.6 Å². The number of aliphatic hydroxyl groups excluding tert-OH is 1. The molecule has 0 saturated heterocycles. The monoisotopic (exact) mass is 408 g/mol. The smallest absolute Gasteiger partial charge is 0.248 e. The predicted octanol–water partition coefficient (Wildman–Crippen LogP) is 4.60. The first-order valence-corrected chi connectivity index (χ1v) is 10.4. The number of hydrogen-bond donors (Lipinski definition) is 2. The Kier molecular flexibility index (Phi) is 6.52. The molecule has 160 valence electrons. The molecule has 1 atom stereocenters. The van der Waals surface area contributed by atoms with E-state index in [0.29, 0.717) is 12.2 Å². The molecule has 2 aromatic carbocycles. The van der Waals surface area contributed by atoms with Gasteiger partial charge in [-0.3, -0.25) is 4.79 Å². The summed E-state index contributed by atoms with van der Waals surface area (Å²) in [6.45, 7) is 11.3. The Morgan fingerprint density at radius 2 is 1.93 bits per heavy atom. The molecule has 0 fully saturated rings. The van der Waals surface area contributed by atoms with E-state index >= 15 is 0 Å². The van der Waals surface area contributed by atoms with Gasteiger partial charge in [0.05, 0.1) is 18.8 Å². The van der Waals surface area contributed by atoms with Gasteiger partial charge in [0.15, 0.2) is 0 Å². The van der Waals surface area contributed by atoms with Gasteiger partial charge in [-0.15, -0.1) is 0 Å². The van der Waals surface area contributed by atoms with E-state index in [0.717, 1.165) is 17.0 Å². The molecule has 0 spiro atoms. The minimum Gasteiger partial charge on any atom is -0.484 e. The topological polar surface area (TPSA) is 61.8 Å². The van der Waals surface area contributed by atoms with E-state index < -0.39 is 0 Å². The minimum absolute atomic E-state index is 0.0251. The highest BCUT2D eigenvalue weighted by molar-refractivity contribution is 6.02. The summed E-state index contributed by atoms with van der Waals surface area (Å²) in [5.74, 6) is 0.539. The number of nitrogens with one attached hydrogen (secondary N) is 1. The summed E-state index contributed by atoms with van der Waals surface area (Å²) in [5, 5.41) is 12.4. The molecule has 1 unspecified atom stereocenters. The fourth-order valence-corrected chi connectivity index (χ4v) is 3.49. The van der Waals surface area contributed by atoms with Gasteiger partial charge in [-0.25, -0.2) is 0 Å². The van der Waals surface area contributed by atoms with Gasteiger partial charge in [0.1, 0.15) is 11.9 Å². The second-order valence-corrected chi connectivity index (χ2v) is 9.05. The predicted molar refractivity (Wildman–Crippen MR) is 123 cm³/mol. The lowest BCUT2D eigenvalue weighted by Crippen LogP contribution is -2.45. The number of hydrogen-bond acceptors (Lipinski definition) is 4. The number of carbonyl (C=O) groups excluding carboxylic acids is 1.